The van der Waals surface area contributed by atoms with Gasteiger partial charge in [-0.15, -0.1) is 0 Å². The summed E-state index contributed by atoms with van der Waals surface area (Å²) in [6, 6.07) is 8.27. The fourth-order valence-corrected chi connectivity index (χ4v) is 3.88. The van der Waals surface area contributed by atoms with Crippen LogP contribution in [0.1, 0.15) is 22.5 Å². The minimum atomic E-state index is -0.359. The van der Waals surface area contributed by atoms with E-state index in [0.717, 1.165) is 16.8 Å². The van der Waals surface area contributed by atoms with Crippen LogP contribution in [0, 0.1) is 19.7 Å². The average molecular weight is 464 g/mol. The molecule has 0 saturated heterocycles. The lowest BCUT2D eigenvalue weighted by Gasteiger charge is -2.14. The highest BCUT2D eigenvalue weighted by atomic mass is 19.1. The number of nitrogens with zero attached hydrogens (tertiary/aromatic N) is 2. The number of hydrogen-bond donors (Lipinski definition) is 1. The first-order valence-electron chi connectivity index (χ1n) is 10.9. The number of ether oxygens (including phenoxy) is 3. The molecular weight excluding hydrogens is 437 g/mol. The first-order chi connectivity index (χ1) is 16.4. The van der Waals surface area contributed by atoms with Gasteiger partial charge in [0.25, 0.3) is 0 Å². The monoisotopic (exact) mass is 463 g/mol. The third-order valence-corrected chi connectivity index (χ3v) is 5.53. The van der Waals surface area contributed by atoms with Crippen LogP contribution in [-0.2, 0) is 11.2 Å². The van der Waals surface area contributed by atoms with E-state index in [0.29, 0.717) is 40.6 Å². The van der Waals surface area contributed by atoms with E-state index < -0.39 is 0 Å². The molecule has 34 heavy (non-hydrogen) atoms. The summed E-state index contributed by atoms with van der Waals surface area (Å²) in [4.78, 5) is 21.2. The summed E-state index contributed by atoms with van der Waals surface area (Å²) in [6.45, 7) is 3.95. The van der Waals surface area contributed by atoms with Gasteiger partial charge in [0.1, 0.15) is 17.7 Å². The van der Waals surface area contributed by atoms with E-state index in [1.165, 1.54) is 18.2 Å². The molecule has 4 rings (SSSR count). The first kappa shape index (κ1) is 23.2. The van der Waals surface area contributed by atoms with E-state index >= 15 is 0 Å². The Balaban J connectivity index is 1.42. The molecule has 1 amide bonds. The van der Waals surface area contributed by atoms with Crippen LogP contribution in [0.25, 0.3) is 17.3 Å². The number of amides is 1. The smallest absolute Gasteiger partial charge is 0.244 e. The van der Waals surface area contributed by atoms with Gasteiger partial charge in [-0.25, -0.2) is 9.37 Å². The number of nitrogens with one attached hydrogen (secondary N) is 1. The number of rotatable bonds is 7. The fraction of sp³-hybridized carbons (Fsp3) is 0.269. The molecule has 1 aliphatic rings. The zero-order valence-corrected chi connectivity index (χ0v) is 19.5. The third kappa shape index (κ3) is 5.01. The van der Waals surface area contributed by atoms with Gasteiger partial charge >= 0.3 is 0 Å². The number of halogens is 1. The minimum absolute atomic E-state index is 0.263. The second-order valence-corrected chi connectivity index (χ2v) is 8.02. The highest BCUT2D eigenvalue weighted by Crippen LogP contribution is 2.39. The number of aryl methyl sites for hydroxylation is 2. The van der Waals surface area contributed by atoms with Crippen molar-refractivity contribution in [2.75, 3.05) is 20.8 Å². The van der Waals surface area contributed by atoms with E-state index in [4.69, 9.17) is 14.2 Å². The Bertz CT molecular complexity index is 1260. The van der Waals surface area contributed by atoms with E-state index in [1.807, 2.05) is 19.9 Å². The standard InChI is InChI=1S/C26H26FN3O4/c1-15-13-28-16(2)25(30-15)21-12-19(27)10-18-11-20(34-26(18)21)14-29-24(31)8-6-17-5-7-22(32-3)23(9-17)33-4/h5-10,12-13,20H,11,14H2,1-4H3,(H,29,31)/b8-6+. The number of hydrogen-bond acceptors (Lipinski definition) is 6. The van der Waals surface area contributed by atoms with Gasteiger partial charge in [0, 0.05) is 29.8 Å². The molecule has 2 aromatic carbocycles. The largest absolute Gasteiger partial charge is 0.493 e. The molecule has 1 aromatic heterocycles. The van der Waals surface area contributed by atoms with E-state index in [1.54, 1.807) is 38.6 Å². The quantitative estimate of drug-likeness (QED) is 0.533. The second-order valence-electron chi connectivity index (χ2n) is 8.02. The Labute approximate surface area is 197 Å². The summed E-state index contributed by atoms with van der Waals surface area (Å²) >= 11 is 0. The van der Waals surface area contributed by atoms with Crippen LogP contribution in [-0.4, -0.2) is 42.7 Å². The normalized spacial score (nSPS) is 14.6. The molecule has 1 aliphatic heterocycles. The number of carbonyl (C=O) groups is 1. The lowest BCUT2D eigenvalue weighted by atomic mass is 10.0. The Morgan fingerprint density at radius 1 is 1.21 bits per heavy atom. The summed E-state index contributed by atoms with van der Waals surface area (Å²) < 4.78 is 31.0. The van der Waals surface area contributed by atoms with Gasteiger partial charge in [-0.05, 0) is 49.8 Å². The van der Waals surface area contributed by atoms with Gasteiger partial charge in [0.2, 0.25) is 5.91 Å². The highest BCUT2D eigenvalue weighted by molar-refractivity contribution is 5.91. The molecule has 0 aliphatic carbocycles. The zero-order chi connectivity index (χ0) is 24.2. The van der Waals surface area contributed by atoms with Crippen LogP contribution in [0.3, 0.4) is 0 Å². The maximum Gasteiger partial charge on any atom is 0.244 e. The lowest BCUT2D eigenvalue weighted by Crippen LogP contribution is -2.33. The maximum atomic E-state index is 14.3. The molecule has 0 radical (unpaired) electrons. The van der Waals surface area contributed by atoms with Crippen molar-refractivity contribution in [3.05, 3.63) is 70.9 Å². The molecule has 0 spiro atoms. The molecule has 1 atom stereocenters. The average Bonchev–Trinajstić information content (AvgIpc) is 3.25. The molecule has 3 aromatic rings. The molecule has 1 unspecified atom stereocenters. The van der Waals surface area contributed by atoms with Gasteiger partial charge in [0.05, 0.1) is 37.8 Å². The fourth-order valence-electron chi connectivity index (χ4n) is 3.88. The van der Waals surface area contributed by atoms with E-state index in [2.05, 4.69) is 15.3 Å². The van der Waals surface area contributed by atoms with Crippen molar-refractivity contribution in [3.63, 3.8) is 0 Å². The molecular formula is C26H26FN3O4. The molecule has 2 heterocycles. The van der Waals surface area contributed by atoms with Crippen molar-refractivity contribution >= 4 is 12.0 Å². The molecule has 1 N–H and O–H groups in total. The molecule has 7 nitrogen and oxygen atoms in total. The Morgan fingerprint density at radius 3 is 2.76 bits per heavy atom. The second kappa shape index (κ2) is 9.91. The predicted molar refractivity (Wildman–Crippen MR) is 127 cm³/mol. The molecule has 0 bridgehead atoms. The summed E-state index contributed by atoms with van der Waals surface area (Å²) in [6.07, 6.45) is 4.98. The predicted octanol–water partition coefficient (Wildman–Crippen LogP) is 4.05. The Hall–Kier alpha value is -3.94. The number of methoxy groups -OCH3 is 2. The Kier molecular flexibility index (Phi) is 6.77. The lowest BCUT2D eigenvalue weighted by molar-refractivity contribution is -0.116. The topological polar surface area (TPSA) is 82.6 Å². The van der Waals surface area contributed by atoms with E-state index in [9.17, 15) is 9.18 Å². The SMILES string of the molecule is COc1ccc(/C=C/C(=O)NCC2Cc3cc(F)cc(-c4nc(C)cnc4C)c3O2)cc1OC. The van der Waals surface area contributed by atoms with Crippen molar-refractivity contribution in [1.82, 2.24) is 15.3 Å². The van der Waals surface area contributed by atoms with Crippen molar-refractivity contribution in [1.29, 1.82) is 0 Å². The van der Waals surface area contributed by atoms with Gasteiger partial charge < -0.3 is 19.5 Å². The van der Waals surface area contributed by atoms with Crippen LogP contribution in [0.2, 0.25) is 0 Å². The number of benzene rings is 2. The summed E-state index contributed by atoms with van der Waals surface area (Å²) in [5, 5.41) is 2.85. The van der Waals surface area contributed by atoms with Crippen molar-refractivity contribution in [3.8, 4) is 28.5 Å². The van der Waals surface area contributed by atoms with Gasteiger partial charge in [0.15, 0.2) is 11.5 Å². The van der Waals surface area contributed by atoms with Crippen LogP contribution < -0.4 is 19.5 Å². The molecule has 176 valence electrons. The number of carbonyl (C=O) groups excluding carboxylic acids is 1. The number of aromatic nitrogens is 2. The first-order valence-corrected chi connectivity index (χ1v) is 10.9. The van der Waals surface area contributed by atoms with Gasteiger partial charge in [-0.2, -0.15) is 0 Å². The third-order valence-electron chi connectivity index (χ3n) is 5.53. The summed E-state index contributed by atoms with van der Waals surface area (Å²) in [5.41, 5.74) is 4.15. The number of fused-ring (bicyclic) bond motifs is 1. The summed E-state index contributed by atoms with van der Waals surface area (Å²) in [7, 11) is 3.12. The van der Waals surface area contributed by atoms with Crippen LogP contribution in [0.4, 0.5) is 4.39 Å². The highest BCUT2D eigenvalue weighted by Gasteiger charge is 2.28. The van der Waals surface area contributed by atoms with Gasteiger partial charge in [-0.1, -0.05) is 6.07 Å². The molecule has 0 fully saturated rings. The Morgan fingerprint density at radius 2 is 2.00 bits per heavy atom. The van der Waals surface area contributed by atoms with Crippen molar-refractivity contribution in [2.24, 2.45) is 0 Å². The van der Waals surface area contributed by atoms with Crippen molar-refractivity contribution in [2.45, 2.75) is 26.4 Å². The van der Waals surface area contributed by atoms with Crippen LogP contribution in [0.5, 0.6) is 17.2 Å². The van der Waals surface area contributed by atoms with Crippen molar-refractivity contribution < 1.29 is 23.4 Å². The molecule has 8 heteroatoms. The van der Waals surface area contributed by atoms with Crippen LogP contribution >= 0.6 is 0 Å². The van der Waals surface area contributed by atoms with Gasteiger partial charge in [-0.3, -0.25) is 9.78 Å². The summed E-state index contributed by atoms with van der Waals surface area (Å²) in [5.74, 6) is 1.16. The molecule has 0 saturated carbocycles. The zero-order valence-electron chi connectivity index (χ0n) is 19.5. The minimum Gasteiger partial charge on any atom is -0.493 e. The van der Waals surface area contributed by atoms with Crippen LogP contribution in [0.15, 0.2) is 42.6 Å². The van der Waals surface area contributed by atoms with E-state index in [-0.39, 0.29) is 24.4 Å². The maximum absolute atomic E-state index is 14.3.